The fourth-order valence-corrected chi connectivity index (χ4v) is 5.52. The van der Waals surface area contributed by atoms with Crippen LogP contribution in [0.2, 0.25) is 18.1 Å². The van der Waals surface area contributed by atoms with Gasteiger partial charge in [0.2, 0.25) is 12.1 Å². The molecule has 0 radical (unpaired) electrons. The summed E-state index contributed by atoms with van der Waals surface area (Å²) in [5, 5.41) is 11.0. The Morgan fingerprint density at radius 1 is 1.26 bits per heavy atom. The molecule has 1 aromatic rings. The van der Waals surface area contributed by atoms with E-state index in [4.69, 9.17) is 0 Å². The molecule has 0 saturated heterocycles. The van der Waals surface area contributed by atoms with Crippen LogP contribution < -0.4 is 4.57 Å². The first kappa shape index (κ1) is 21.1. The summed E-state index contributed by atoms with van der Waals surface area (Å²) in [5.41, 5.74) is 1.80. The number of anilines is 1. The first-order valence-corrected chi connectivity index (χ1v) is 12.2. The first-order chi connectivity index (χ1) is 12.3. The van der Waals surface area contributed by atoms with Crippen LogP contribution in [0.1, 0.15) is 46.6 Å². The van der Waals surface area contributed by atoms with E-state index in [1.165, 1.54) is 6.08 Å². The van der Waals surface area contributed by atoms with Crippen molar-refractivity contribution in [2.75, 3.05) is 4.57 Å². The summed E-state index contributed by atoms with van der Waals surface area (Å²) in [6.07, 6.45) is 4.82. The van der Waals surface area contributed by atoms with E-state index in [1.54, 1.807) is 0 Å². The van der Waals surface area contributed by atoms with Gasteiger partial charge in [-0.15, -0.1) is 0 Å². The maximum Gasteiger partial charge on any atom is 0.234 e. The van der Waals surface area contributed by atoms with Crippen LogP contribution in [-0.4, -0.2) is 19.1 Å². The Labute approximate surface area is 163 Å². The molecule has 0 unspecified atom stereocenters. The largest absolute Gasteiger partial charge is 0.339 e. The van der Waals surface area contributed by atoms with E-state index in [9.17, 15) is 14.9 Å². The van der Waals surface area contributed by atoms with Crippen molar-refractivity contribution < 1.29 is 9.72 Å². The van der Waals surface area contributed by atoms with Gasteiger partial charge in [-0.1, -0.05) is 63.7 Å². The number of hydrogen-bond acceptors (Lipinski definition) is 3. The van der Waals surface area contributed by atoms with Gasteiger partial charge in [0.15, 0.2) is 8.24 Å². The molecule has 0 aromatic heterocycles. The predicted molar refractivity (Wildman–Crippen MR) is 113 cm³/mol. The van der Waals surface area contributed by atoms with Crippen LogP contribution in [0.4, 0.5) is 5.69 Å². The van der Waals surface area contributed by atoms with E-state index < -0.39 is 18.6 Å². The zero-order chi connectivity index (χ0) is 20.6. The predicted octanol–water partition coefficient (Wildman–Crippen LogP) is 5.42. The molecule has 0 saturated carbocycles. The Hall–Kier alpha value is -2.21. The minimum absolute atomic E-state index is 0.0464. The Morgan fingerprint density at radius 2 is 1.85 bits per heavy atom. The smallest absolute Gasteiger partial charge is 0.234 e. The molecular weight excluding hydrogens is 356 g/mol. The van der Waals surface area contributed by atoms with Gasteiger partial charge in [0.05, 0.1) is 4.92 Å². The molecule has 0 bridgehead atoms. The summed E-state index contributed by atoms with van der Waals surface area (Å²) in [4.78, 5) is 24.4. The minimum atomic E-state index is -2.23. The molecule has 0 spiro atoms. The van der Waals surface area contributed by atoms with Gasteiger partial charge in [0.25, 0.3) is 0 Å². The number of nitro groups is 1. The molecule has 6 heteroatoms. The number of hydrogen-bond donors (Lipinski definition) is 0. The van der Waals surface area contributed by atoms with Gasteiger partial charge in [0, 0.05) is 11.8 Å². The third kappa shape index (κ3) is 3.63. The van der Waals surface area contributed by atoms with Gasteiger partial charge in [-0.25, -0.2) is 0 Å². The van der Waals surface area contributed by atoms with Crippen LogP contribution in [0.25, 0.3) is 0 Å². The Bertz CT molecular complexity index is 817. The monoisotopic (exact) mass is 386 g/mol. The second kappa shape index (κ2) is 7.07. The van der Waals surface area contributed by atoms with Crippen molar-refractivity contribution in [2.45, 2.75) is 64.6 Å². The van der Waals surface area contributed by atoms with Gasteiger partial charge in [-0.3, -0.25) is 14.9 Å². The summed E-state index contributed by atoms with van der Waals surface area (Å²) < 4.78 is 1.98. The standard InChI is InChI=1S/C21H30N2O3Si/c1-16(2)12-13-21(14-15-22(25)26)17-10-8-9-11-18(17)23(19(21)24)27(6,7)20(3,4)5/h8-12,14-15H,13H2,1-7H3/b15-14+/t21-/m0/s1. The number of benzene rings is 1. The van der Waals surface area contributed by atoms with Crippen LogP contribution in [-0.2, 0) is 10.2 Å². The van der Waals surface area contributed by atoms with Gasteiger partial charge < -0.3 is 4.57 Å². The number of nitrogens with zero attached hydrogens (tertiary/aromatic N) is 2. The Kier molecular flexibility index (Phi) is 5.53. The van der Waals surface area contributed by atoms with Crippen molar-refractivity contribution in [3.63, 3.8) is 0 Å². The quantitative estimate of drug-likeness (QED) is 0.294. The fraction of sp³-hybridized carbons (Fsp3) is 0.476. The molecule has 1 amide bonds. The number of carbonyl (C=O) groups is 1. The Balaban J connectivity index is 2.77. The Morgan fingerprint density at radius 3 is 2.37 bits per heavy atom. The molecule has 1 aliphatic rings. The average molecular weight is 387 g/mol. The van der Waals surface area contributed by atoms with Crippen molar-refractivity contribution in [1.29, 1.82) is 0 Å². The lowest BCUT2D eigenvalue weighted by Crippen LogP contribution is -2.58. The van der Waals surface area contributed by atoms with Crippen LogP contribution in [0.15, 0.2) is 48.2 Å². The van der Waals surface area contributed by atoms with Gasteiger partial charge in [-0.2, -0.15) is 0 Å². The van der Waals surface area contributed by atoms with Crippen LogP contribution in [0.5, 0.6) is 0 Å². The molecule has 146 valence electrons. The van der Waals surface area contributed by atoms with Crippen molar-refractivity contribution in [3.8, 4) is 0 Å². The molecule has 0 aliphatic carbocycles. The number of allylic oxidation sites excluding steroid dienone is 2. The van der Waals surface area contributed by atoms with Crippen molar-refractivity contribution >= 4 is 19.8 Å². The lowest BCUT2D eigenvalue weighted by molar-refractivity contribution is -0.402. The van der Waals surface area contributed by atoms with E-state index in [-0.39, 0.29) is 10.9 Å². The fourth-order valence-electron chi connectivity index (χ4n) is 3.34. The summed E-state index contributed by atoms with van der Waals surface area (Å²) in [6.45, 7) is 14.8. The zero-order valence-electron chi connectivity index (χ0n) is 17.4. The lowest BCUT2D eigenvalue weighted by atomic mass is 9.78. The van der Waals surface area contributed by atoms with E-state index in [1.807, 2.05) is 48.8 Å². The molecule has 1 aliphatic heterocycles. The molecule has 5 nitrogen and oxygen atoms in total. The topological polar surface area (TPSA) is 63.5 Å². The molecule has 1 heterocycles. The highest BCUT2D eigenvalue weighted by atomic mass is 28.3. The SMILES string of the molecule is CC(C)=CC[C@@]1(/C=C/[N+](=O)[O-])C(=O)N([Si](C)(C)C(C)(C)C)c2ccccc21. The number of fused-ring (bicyclic) bond motifs is 1. The molecular formula is C21H30N2O3Si. The molecule has 0 N–H and O–H groups in total. The van der Waals surface area contributed by atoms with Crippen molar-refractivity contribution in [1.82, 2.24) is 0 Å². The molecule has 1 aromatic carbocycles. The van der Waals surface area contributed by atoms with Crippen LogP contribution in [0, 0.1) is 10.1 Å². The van der Waals surface area contributed by atoms with E-state index in [0.29, 0.717) is 6.42 Å². The number of para-hydroxylation sites is 1. The zero-order valence-corrected chi connectivity index (χ0v) is 18.4. The lowest BCUT2D eigenvalue weighted by Gasteiger charge is -2.44. The molecule has 1 atom stereocenters. The first-order valence-electron chi connectivity index (χ1n) is 9.25. The highest BCUT2D eigenvalue weighted by molar-refractivity contribution is 6.87. The third-order valence-electron chi connectivity index (χ3n) is 5.92. The summed E-state index contributed by atoms with van der Waals surface area (Å²) in [6, 6.07) is 7.74. The van der Waals surface area contributed by atoms with E-state index >= 15 is 0 Å². The van der Waals surface area contributed by atoms with E-state index in [2.05, 4.69) is 33.9 Å². The summed E-state index contributed by atoms with van der Waals surface area (Å²) >= 11 is 0. The number of amides is 1. The second-order valence-corrected chi connectivity index (χ2v) is 14.1. The molecule has 27 heavy (non-hydrogen) atoms. The molecule has 0 fully saturated rings. The minimum Gasteiger partial charge on any atom is -0.339 e. The van der Waals surface area contributed by atoms with Crippen LogP contribution >= 0.6 is 0 Å². The van der Waals surface area contributed by atoms with Crippen LogP contribution in [0.3, 0.4) is 0 Å². The van der Waals surface area contributed by atoms with Gasteiger partial charge >= 0.3 is 0 Å². The maximum absolute atomic E-state index is 13.9. The van der Waals surface area contributed by atoms with Crippen molar-refractivity contribution in [3.05, 3.63) is 63.9 Å². The summed E-state index contributed by atoms with van der Waals surface area (Å²) in [7, 11) is -2.23. The highest BCUT2D eigenvalue weighted by Gasteiger charge is 2.56. The van der Waals surface area contributed by atoms with E-state index in [0.717, 1.165) is 23.0 Å². The molecule has 2 rings (SSSR count). The van der Waals surface area contributed by atoms with Crippen molar-refractivity contribution in [2.24, 2.45) is 0 Å². The average Bonchev–Trinajstić information content (AvgIpc) is 2.79. The highest BCUT2D eigenvalue weighted by Crippen LogP contribution is 2.51. The van der Waals surface area contributed by atoms with Gasteiger partial charge in [0.1, 0.15) is 5.41 Å². The number of rotatable bonds is 5. The maximum atomic E-state index is 13.9. The van der Waals surface area contributed by atoms with Gasteiger partial charge in [-0.05, 0) is 36.9 Å². The normalized spacial score (nSPS) is 20.1. The third-order valence-corrected chi connectivity index (χ3v) is 11.2. The summed E-state index contributed by atoms with van der Waals surface area (Å²) in [5.74, 6) is -0.0501. The second-order valence-electron chi connectivity index (χ2n) is 9.02. The number of carbonyl (C=O) groups excluding carboxylic acids is 1.